The number of carbonyl (C=O) groups excluding carboxylic acids is 1. The Hall–Kier alpha value is -2.46. The van der Waals surface area contributed by atoms with E-state index in [9.17, 15) is 4.79 Å². The first-order valence-corrected chi connectivity index (χ1v) is 8.91. The number of amides is 1. The molecule has 2 heterocycles. The van der Waals surface area contributed by atoms with E-state index in [1.165, 1.54) is 0 Å². The molecule has 4 rings (SSSR count). The van der Waals surface area contributed by atoms with Crippen molar-refractivity contribution < 1.29 is 9.47 Å². The summed E-state index contributed by atoms with van der Waals surface area (Å²) in [6.07, 6.45) is 1.41. The van der Waals surface area contributed by atoms with E-state index in [4.69, 9.17) is 16.6 Å². The largest absolute Gasteiger partial charge is 0.338 e. The van der Waals surface area contributed by atoms with Gasteiger partial charge in [0.25, 0.3) is 5.91 Å². The molecule has 3 aromatic rings. The van der Waals surface area contributed by atoms with E-state index < -0.39 is 5.41 Å². The molecule has 0 aliphatic carbocycles. The van der Waals surface area contributed by atoms with Crippen LogP contribution in [0.5, 0.6) is 0 Å². The van der Waals surface area contributed by atoms with E-state index in [0.29, 0.717) is 17.9 Å². The van der Waals surface area contributed by atoms with Crippen LogP contribution in [-0.2, 0) is 10.2 Å². The van der Waals surface area contributed by atoms with Gasteiger partial charge in [0.2, 0.25) is 0 Å². The van der Waals surface area contributed by atoms with Gasteiger partial charge in [-0.3, -0.25) is 4.79 Å². The number of rotatable bonds is 3. The summed E-state index contributed by atoms with van der Waals surface area (Å²) in [4.78, 5) is 17.7. The minimum Gasteiger partial charge on any atom is -0.270 e. The third kappa shape index (κ3) is 2.24. The van der Waals surface area contributed by atoms with Gasteiger partial charge < -0.3 is 0 Å². The van der Waals surface area contributed by atoms with Crippen molar-refractivity contribution in [2.75, 3.05) is 5.43 Å². The van der Waals surface area contributed by atoms with Gasteiger partial charge >= 0.3 is 5.82 Å². The molecule has 1 N–H and O–H groups in total. The fourth-order valence-corrected chi connectivity index (χ4v) is 3.87. The quantitative estimate of drug-likeness (QED) is 0.724. The molecule has 1 aliphatic rings. The Morgan fingerprint density at radius 1 is 1.12 bits per heavy atom. The van der Waals surface area contributed by atoms with Crippen LogP contribution >= 0.6 is 11.6 Å². The highest BCUT2D eigenvalue weighted by Crippen LogP contribution is 2.36. The average molecular weight is 353 g/mol. The molecular formula is C20H19ClN3O+. The van der Waals surface area contributed by atoms with Gasteiger partial charge in [-0.1, -0.05) is 55.8 Å². The molecule has 126 valence electrons. The second kappa shape index (κ2) is 5.81. The first kappa shape index (κ1) is 16.0. The lowest BCUT2D eigenvalue weighted by atomic mass is 9.81. The van der Waals surface area contributed by atoms with E-state index in [1.807, 2.05) is 67.1 Å². The highest BCUT2D eigenvalue weighted by atomic mass is 35.5. The lowest BCUT2D eigenvalue weighted by Crippen LogP contribution is -2.46. The number of halogens is 1. The molecular weight excluding hydrogens is 334 g/mol. The second-order valence-corrected chi connectivity index (χ2v) is 6.81. The summed E-state index contributed by atoms with van der Waals surface area (Å²) in [5.41, 5.74) is 5.22. The monoisotopic (exact) mass is 352 g/mol. The third-order valence-electron chi connectivity index (χ3n) is 5.21. The number of carbonyl (C=O) groups is 1. The van der Waals surface area contributed by atoms with Crippen LogP contribution in [0.15, 0.2) is 48.5 Å². The van der Waals surface area contributed by atoms with E-state index in [2.05, 4.69) is 5.43 Å². The summed E-state index contributed by atoms with van der Waals surface area (Å²) in [6.45, 7) is 4.07. The van der Waals surface area contributed by atoms with Crippen LogP contribution in [0.25, 0.3) is 22.2 Å². The van der Waals surface area contributed by atoms with Crippen molar-refractivity contribution >= 4 is 28.4 Å². The number of aromatic nitrogens is 2. The van der Waals surface area contributed by atoms with Crippen LogP contribution in [0, 0.1) is 0 Å². The van der Waals surface area contributed by atoms with E-state index in [-0.39, 0.29) is 5.91 Å². The molecule has 0 spiro atoms. The van der Waals surface area contributed by atoms with Crippen LogP contribution in [0.1, 0.15) is 32.5 Å². The van der Waals surface area contributed by atoms with Crippen molar-refractivity contribution in [1.29, 1.82) is 0 Å². The maximum Gasteiger partial charge on any atom is 0.338 e. The number of hydrogen-bond acceptors (Lipinski definition) is 2. The zero-order chi connectivity index (χ0) is 17.6. The Morgan fingerprint density at radius 3 is 2.52 bits per heavy atom. The van der Waals surface area contributed by atoms with Crippen molar-refractivity contribution in [3.8, 4) is 11.3 Å². The van der Waals surface area contributed by atoms with Crippen LogP contribution in [0.4, 0.5) is 0 Å². The summed E-state index contributed by atoms with van der Waals surface area (Å²) >= 11 is 6.24. The van der Waals surface area contributed by atoms with Crippen molar-refractivity contribution in [1.82, 2.24) is 4.98 Å². The molecule has 4 nitrogen and oxygen atoms in total. The maximum absolute atomic E-state index is 12.8. The zero-order valence-corrected chi connectivity index (χ0v) is 15.0. The number of benzene rings is 2. The average Bonchev–Trinajstić information content (AvgIpc) is 2.91. The minimum atomic E-state index is -0.600. The Kier molecular flexibility index (Phi) is 3.73. The van der Waals surface area contributed by atoms with Crippen molar-refractivity contribution in [3.63, 3.8) is 0 Å². The molecule has 0 saturated carbocycles. The first-order valence-electron chi connectivity index (χ1n) is 8.53. The van der Waals surface area contributed by atoms with E-state index in [0.717, 1.165) is 28.0 Å². The number of fused-ring (bicyclic) bond motifs is 2. The summed E-state index contributed by atoms with van der Waals surface area (Å²) in [6, 6.07) is 15.7. The molecule has 1 aromatic heterocycles. The van der Waals surface area contributed by atoms with E-state index >= 15 is 0 Å². The Balaban J connectivity index is 2.15. The van der Waals surface area contributed by atoms with Gasteiger partial charge in [0, 0.05) is 10.6 Å². The predicted molar refractivity (Wildman–Crippen MR) is 99.0 cm³/mol. The van der Waals surface area contributed by atoms with Gasteiger partial charge in [0.1, 0.15) is 0 Å². The number of nitrogens with one attached hydrogen (secondary N) is 1. The van der Waals surface area contributed by atoms with Crippen LogP contribution in [0.3, 0.4) is 0 Å². The second-order valence-electron chi connectivity index (χ2n) is 6.38. The van der Waals surface area contributed by atoms with Crippen LogP contribution < -0.4 is 10.1 Å². The van der Waals surface area contributed by atoms with Crippen LogP contribution in [-0.4, -0.2) is 10.9 Å². The Bertz CT molecular complexity index is 981. The predicted octanol–water partition coefficient (Wildman–Crippen LogP) is 3.98. The fourth-order valence-electron chi connectivity index (χ4n) is 3.69. The summed E-state index contributed by atoms with van der Waals surface area (Å²) in [5.74, 6) is 0.778. The molecule has 1 aliphatic heterocycles. The fraction of sp³-hybridized carbons (Fsp3) is 0.250. The van der Waals surface area contributed by atoms with Gasteiger partial charge in [0.05, 0.1) is 5.39 Å². The van der Waals surface area contributed by atoms with Gasteiger partial charge in [-0.15, -0.1) is 4.68 Å². The molecule has 2 aromatic carbocycles. The number of hydrogen-bond donors (Lipinski definition) is 1. The standard InChI is InChI=1S/C20H18ClN3O/c1-3-20(4-2)18-22-16-11-10-14(21)12-15(16)17(24(18)23-19(20)25)13-8-6-5-7-9-13/h5-12H,3-4H2,1-2H3/p+1. The minimum absolute atomic E-state index is 0.00332. The summed E-state index contributed by atoms with van der Waals surface area (Å²) in [7, 11) is 0. The lowest BCUT2D eigenvalue weighted by Gasteiger charge is -2.16. The van der Waals surface area contributed by atoms with E-state index in [1.54, 1.807) is 0 Å². The van der Waals surface area contributed by atoms with Gasteiger partial charge in [0.15, 0.2) is 16.6 Å². The number of nitrogens with zero attached hydrogens (tertiary/aromatic N) is 2. The maximum atomic E-state index is 12.8. The Morgan fingerprint density at radius 2 is 1.84 bits per heavy atom. The first-order chi connectivity index (χ1) is 12.1. The molecule has 0 bridgehead atoms. The molecule has 25 heavy (non-hydrogen) atoms. The molecule has 0 atom stereocenters. The topological polar surface area (TPSA) is 45.9 Å². The molecule has 1 amide bonds. The third-order valence-corrected chi connectivity index (χ3v) is 5.44. The zero-order valence-electron chi connectivity index (χ0n) is 14.2. The normalized spacial score (nSPS) is 15.2. The van der Waals surface area contributed by atoms with Gasteiger partial charge in [-0.05, 0) is 36.0 Å². The smallest absolute Gasteiger partial charge is 0.270 e. The highest BCUT2D eigenvalue weighted by molar-refractivity contribution is 6.31. The van der Waals surface area contributed by atoms with Crippen molar-refractivity contribution in [2.24, 2.45) is 0 Å². The van der Waals surface area contributed by atoms with Gasteiger partial charge in [-0.2, -0.15) is 5.43 Å². The highest BCUT2D eigenvalue weighted by Gasteiger charge is 2.54. The Labute approximate surface area is 151 Å². The molecule has 0 fully saturated rings. The molecule has 5 heteroatoms. The summed E-state index contributed by atoms with van der Waals surface area (Å²) < 4.78 is 1.85. The van der Waals surface area contributed by atoms with Crippen LogP contribution in [0.2, 0.25) is 5.02 Å². The lowest BCUT2D eigenvalue weighted by molar-refractivity contribution is -0.634. The SMILES string of the molecule is CCC1(CC)C(=O)N[n+]2c1nc1ccc(Cl)cc1c2-c1ccccc1. The van der Waals surface area contributed by atoms with Crippen molar-refractivity contribution in [3.05, 3.63) is 59.4 Å². The van der Waals surface area contributed by atoms with Crippen molar-refractivity contribution in [2.45, 2.75) is 32.1 Å². The summed E-state index contributed by atoms with van der Waals surface area (Å²) in [5, 5.41) is 1.57. The molecule has 0 unspecified atom stereocenters. The molecule has 0 radical (unpaired) electrons. The van der Waals surface area contributed by atoms with Gasteiger partial charge in [-0.25, -0.2) is 0 Å². The molecule has 0 saturated heterocycles.